The number of rotatable bonds is 12. The molecular formula is C17H27O6P. The van der Waals surface area contributed by atoms with Crippen molar-refractivity contribution in [1.82, 2.24) is 0 Å². The SMILES string of the molecule is CCCCOP(=O)(OCCCC)Oc1ccc(CC(=O)OC)cc1. The van der Waals surface area contributed by atoms with Gasteiger partial charge < -0.3 is 9.26 Å². The number of hydrogen-bond donors (Lipinski definition) is 0. The number of benzene rings is 1. The van der Waals surface area contributed by atoms with Crippen LogP contribution in [0.25, 0.3) is 0 Å². The molecule has 136 valence electrons. The summed E-state index contributed by atoms with van der Waals surface area (Å²) in [6, 6.07) is 6.71. The fourth-order valence-corrected chi connectivity index (χ4v) is 3.03. The van der Waals surface area contributed by atoms with E-state index in [1.54, 1.807) is 24.3 Å². The normalized spacial score (nSPS) is 11.3. The summed E-state index contributed by atoms with van der Waals surface area (Å²) < 4.78 is 33.5. The topological polar surface area (TPSA) is 71.1 Å². The van der Waals surface area contributed by atoms with Crippen LogP contribution in [0.1, 0.15) is 45.1 Å². The van der Waals surface area contributed by atoms with Crippen LogP contribution in [-0.4, -0.2) is 26.3 Å². The second-order valence-electron chi connectivity index (χ2n) is 5.31. The molecule has 0 aliphatic rings. The van der Waals surface area contributed by atoms with E-state index in [1.165, 1.54) is 7.11 Å². The number of phosphoric acid groups is 1. The highest BCUT2D eigenvalue weighted by Gasteiger charge is 2.28. The average Bonchev–Trinajstić information content (AvgIpc) is 2.57. The molecule has 0 fully saturated rings. The van der Waals surface area contributed by atoms with E-state index in [0.717, 1.165) is 31.2 Å². The van der Waals surface area contributed by atoms with Gasteiger partial charge in [0, 0.05) is 0 Å². The minimum absolute atomic E-state index is 0.175. The second kappa shape index (κ2) is 11.2. The van der Waals surface area contributed by atoms with Crippen LogP contribution < -0.4 is 4.52 Å². The van der Waals surface area contributed by atoms with Crippen molar-refractivity contribution in [3.63, 3.8) is 0 Å². The Bertz CT molecular complexity index is 514. The summed E-state index contributed by atoms with van der Waals surface area (Å²) in [5.41, 5.74) is 0.780. The van der Waals surface area contributed by atoms with Gasteiger partial charge in [0.25, 0.3) is 0 Å². The Morgan fingerprint density at radius 1 is 1.00 bits per heavy atom. The molecule has 0 amide bonds. The third-order valence-corrected chi connectivity index (χ3v) is 4.64. The molecule has 0 aromatic heterocycles. The number of carbonyl (C=O) groups excluding carboxylic acids is 1. The smallest absolute Gasteiger partial charge is 0.469 e. The molecule has 24 heavy (non-hydrogen) atoms. The van der Waals surface area contributed by atoms with Crippen LogP contribution >= 0.6 is 7.82 Å². The van der Waals surface area contributed by atoms with E-state index in [9.17, 15) is 9.36 Å². The van der Waals surface area contributed by atoms with E-state index in [0.29, 0.717) is 19.0 Å². The number of ether oxygens (including phenoxy) is 1. The van der Waals surface area contributed by atoms with Gasteiger partial charge in [0.1, 0.15) is 5.75 Å². The zero-order valence-corrected chi connectivity index (χ0v) is 15.6. The van der Waals surface area contributed by atoms with Gasteiger partial charge in [-0.15, -0.1) is 0 Å². The lowest BCUT2D eigenvalue weighted by Gasteiger charge is -2.18. The molecule has 1 aromatic carbocycles. The van der Waals surface area contributed by atoms with Crippen LogP contribution in [0, 0.1) is 0 Å². The Hall–Kier alpha value is -1.36. The van der Waals surface area contributed by atoms with E-state index in [-0.39, 0.29) is 12.4 Å². The van der Waals surface area contributed by atoms with Crippen molar-refractivity contribution < 1.29 is 27.7 Å². The Balaban J connectivity index is 2.70. The molecule has 0 aliphatic heterocycles. The third kappa shape index (κ3) is 7.95. The zero-order valence-electron chi connectivity index (χ0n) is 14.7. The molecule has 1 aromatic rings. The summed E-state index contributed by atoms with van der Waals surface area (Å²) >= 11 is 0. The van der Waals surface area contributed by atoms with Crippen molar-refractivity contribution in [2.45, 2.75) is 46.0 Å². The maximum Gasteiger partial charge on any atom is 0.530 e. The summed E-state index contributed by atoms with van der Waals surface area (Å²) in [4.78, 5) is 11.3. The number of unbranched alkanes of at least 4 members (excludes halogenated alkanes) is 2. The Labute approximate surface area is 144 Å². The van der Waals surface area contributed by atoms with Crippen molar-refractivity contribution in [1.29, 1.82) is 0 Å². The average molecular weight is 358 g/mol. The molecule has 7 heteroatoms. The lowest BCUT2D eigenvalue weighted by atomic mass is 10.1. The van der Waals surface area contributed by atoms with Crippen LogP contribution in [0.4, 0.5) is 0 Å². The highest BCUT2D eigenvalue weighted by Crippen LogP contribution is 2.49. The van der Waals surface area contributed by atoms with Gasteiger partial charge in [0.05, 0.1) is 26.7 Å². The molecule has 0 bridgehead atoms. The van der Waals surface area contributed by atoms with Crippen molar-refractivity contribution in [3.05, 3.63) is 29.8 Å². The highest BCUT2D eigenvalue weighted by atomic mass is 31.2. The fourth-order valence-electron chi connectivity index (χ4n) is 1.77. The van der Waals surface area contributed by atoms with Crippen molar-refractivity contribution >= 4 is 13.8 Å². The van der Waals surface area contributed by atoms with Gasteiger partial charge in [-0.05, 0) is 30.5 Å². The van der Waals surface area contributed by atoms with Gasteiger partial charge in [-0.3, -0.25) is 13.8 Å². The van der Waals surface area contributed by atoms with E-state index in [1.807, 2.05) is 13.8 Å². The molecule has 0 radical (unpaired) electrons. The summed E-state index contributed by atoms with van der Waals surface area (Å²) in [6.45, 7) is 4.68. The third-order valence-electron chi connectivity index (χ3n) is 3.21. The summed E-state index contributed by atoms with van der Waals surface area (Å²) in [7, 11) is -2.30. The van der Waals surface area contributed by atoms with Crippen molar-refractivity contribution in [2.75, 3.05) is 20.3 Å². The first kappa shape index (κ1) is 20.7. The van der Waals surface area contributed by atoms with E-state index < -0.39 is 7.82 Å². The molecule has 0 aliphatic carbocycles. The Morgan fingerprint density at radius 2 is 1.54 bits per heavy atom. The fraction of sp³-hybridized carbons (Fsp3) is 0.588. The number of phosphoric ester groups is 1. The molecule has 0 saturated carbocycles. The van der Waals surface area contributed by atoms with Gasteiger partial charge in [0.15, 0.2) is 0 Å². The minimum Gasteiger partial charge on any atom is -0.469 e. The van der Waals surface area contributed by atoms with Gasteiger partial charge in [-0.1, -0.05) is 38.8 Å². The standard InChI is InChI=1S/C17H27O6P/c1-4-6-12-21-24(19,22-13-7-5-2)23-16-10-8-15(9-11-16)14-17(18)20-3/h8-11H,4-7,12-14H2,1-3H3. The van der Waals surface area contributed by atoms with Gasteiger partial charge in [0.2, 0.25) is 0 Å². The van der Waals surface area contributed by atoms with Crippen LogP contribution in [0.15, 0.2) is 24.3 Å². The predicted octanol–water partition coefficient (Wildman–Crippen LogP) is 4.52. The largest absolute Gasteiger partial charge is 0.530 e. The first-order valence-corrected chi connectivity index (χ1v) is 9.73. The van der Waals surface area contributed by atoms with E-state index in [4.69, 9.17) is 13.6 Å². The van der Waals surface area contributed by atoms with Gasteiger partial charge in [-0.2, -0.15) is 0 Å². The molecule has 0 atom stereocenters. The summed E-state index contributed by atoms with van der Waals surface area (Å²) in [5.74, 6) is 0.0556. The number of carbonyl (C=O) groups is 1. The predicted molar refractivity (Wildman–Crippen MR) is 92.1 cm³/mol. The summed E-state index contributed by atoms with van der Waals surface area (Å²) in [6.07, 6.45) is 3.59. The molecule has 0 unspecified atom stereocenters. The molecule has 0 spiro atoms. The Kier molecular flexibility index (Phi) is 9.69. The number of esters is 1. The molecular weight excluding hydrogens is 331 g/mol. The Morgan fingerprint density at radius 3 is 2.00 bits per heavy atom. The summed E-state index contributed by atoms with van der Waals surface area (Å²) in [5, 5.41) is 0. The molecule has 1 rings (SSSR count). The molecule has 0 N–H and O–H groups in total. The second-order valence-corrected chi connectivity index (χ2v) is 6.90. The monoisotopic (exact) mass is 358 g/mol. The van der Waals surface area contributed by atoms with E-state index >= 15 is 0 Å². The lowest BCUT2D eigenvalue weighted by molar-refractivity contribution is -0.139. The molecule has 0 saturated heterocycles. The highest BCUT2D eigenvalue weighted by molar-refractivity contribution is 7.48. The first-order valence-electron chi connectivity index (χ1n) is 8.27. The quantitative estimate of drug-likeness (QED) is 0.311. The molecule has 6 nitrogen and oxygen atoms in total. The maximum absolute atomic E-state index is 12.7. The number of hydrogen-bond acceptors (Lipinski definition) is 6. The molecule has 0 heterocycles. The van der Waals surface area contributed by atoms with Crippen LogP contribution in [-0.2, 0) is 29.6 Å². The minimum atomic E-state index is -3.64. The van der Waals surface area contributed by atoms with Crippen molar-refractivity contribution in [2.24, 2.45) is 0 Å². The van der Waals surface area contributed by atoms with E-state index in [2.05, 4.69) is 4.74 Å². The van der Waals surface area contributed by atoms with Crippen LogP contribution in [0.2, 0.25) is 0 Å². The maximum atomic E-state index is 12.7. The zero-order chi connectivity index (χ0) is 17.8. The van der Waals surface area contributed by atoms with Gasteiger partial charge >= 0.3 is 13.8 Å². The first-order chi connectivity index (χ1) is 11.5. The number of methoxy groups -OCH3 is 1. The van der Waals surface area contributed by atoms with Crippen LogP contribution in [0.3, 0.4) is 0 Å². The lowest BCUT2D eigenvalue weighted by Crippen LogP contribution is -2.06. The van der Waals surface area contributed by atoms with Crippen LogP contribution in [0.5, 0.6) is 5.75 Å². The van der Waals surface area contributed by atoms with Crippen molar-refractivity contribution in [3.8, 4) is 5.75 Å². The van der Waals surface area contributed by atoms with Gasteiger partial charge in [-0.25, -0.2) is 4.57 Å².